The van der Waals surface area contributed by atoms with Gasteiger partial charge in [-0.2, -0.15) is 0 Å². The summed E-state index contributed by atoms with van der Waals surface area (Å²) in [6.45, 7) is 2.18. The number of nitrogens with one attached hydrogen (secondary N) is 2. The van der Waals surface area contributed by atoms with Crippen LogP contribution in [0.2, 0.25) is 0 Å². The molecule has 0 unspecified atom stereocenters. The van der Waals surface area contributed by atoms with E-state index in [9.17, 15) is 4.79 Å². The predicted molar refractivity (Wildman–Crippen MR) is 86.8 cm³/mol. The normalized spacial score (nSPS) is 10.2. The van der Waals surface area contributed by atoms with Crippen LogP contribution in [-0.2, 0) is 6.42 Å². The molecule has 1 aromatic heterocycles. The van der Waals surface area contributed by atoms with Crippen LogP contribution in [0.4, 0.5) is 11.5 Å². The van der Waals surface area contributed by atoms with Gasteiger partial charge in [0.05, 0.1) is 5.56 Å². The highest BCUT2D eigenvalue weighted by Gasteiger charge is 2.06. The first-order valence-electron chi connectivity index (χ1n) is 7.27. The van der Waals surface area contributed by atoms with Crippen molar-refractivity contribution in [2.24, 2.45) is 0 Å². The summed E-state index contributed by atoms with van der Waals surface area (Å²) in [5.41, 5.74) is 2.65. The molecule has 2 aromatic rings. The summed E-state index contributed by atoms with van der Waals surface area (Å²) in [6, 6.07) is 11.5. The molecule has 21 heavy (non-hydrogen) atoms. The molecule has 1 amide bonds. The first kappa shape index (κ1) is 15.0. The van der Waals surface area contributed by atoms with Crippen molar-refractivity contribution in [3.63, 3.8) is 0 Å². The second kappa shape index (κ2) is 7.43. The number of unbranched alkanes of at least 4 members (excludes halogenated alkanes) is 1. The third-order valence-electron chi connectivity index (χ3n) is 3.31. The number of benzene rings is 1. The first-order valence-corrected chi connectivity index (χ1v) is 7.27. The summed E-state index contributed by atoms with van der Waals surface area (Å²) in [5, 5.41) is 5.80. The quantitative estimate of drug-likeness (QED) is 0.849. The Kier molecular flexibility index (Phi) is 5.32. The molecular weight excluding hydrogens is 262 g/mol. The van der Waals surface area contributed by atoms with E-state index in [0.717, 1.165) is 17.9 Å². The van der Waals surface area contributed by atoms with E-state index in [4.69, 9.17) is 0 Å². The number of pyridine rings is 1. The number of aromatic nitrogens is 1. The molecule has 0 spiro atoms. The van der Waals surface area contributed by atoms with Crippen LogP contribution in [0.25, 0.3) is 0 Å². The summed E-state index contributed by atoms with van der Waals surface area (Å²) in [4.78, 5) is 16.2. The monoisotopic (exact) mass is 283 g/mol. The molecule has 2 rings (SSSR count). The van der Waals surface area contributed by atoms with Gasteiger partial charge in [-0.15, -0.1) is 0 Å². The van der Waals surface area contributed by atoms with E-state index < -0.39 is 0 Å². The van der Waals surface area contributed by atoms with Crippen LogP contribution >= 0.6 is 0 Å². The Labute approximate surface area is 125 Å². The largest absolute Gasteiger partial charge is 0.373 e. The molecule has 4 heteroatoms. The van der Waals surface area contributed by atoms with Crippen LogP contribution < -0.4 is 10.6 Å². The average Bonchev–Trinajstić information content (AvgIpc) is 2.54. The van der Waals surface area contributed by atoms with Crippen molar-refractivity contribution in [3.05, 3.63) is 53.7 Å². The highest BCUT2D eigenvalue weighted by Crippen LogP contribution is 2.13. The number of amides is 1. The van der Waals surface area contributed by atoms with Crippen LogP contribution in [0.1, 0.15) is 35.7 Å². The lowest BCUT2D eigenvalue weighted by molar-refractivity contribution is 0.102. The lowest BCUT2D eigenvalue weighted by atomic mass is 10.1. The molecule has 0 aliphatic carbocycles. The van der Waals surface area contributed by atoms with E-state index in [1.54, 1.807) is 25.4 Å². The molecule has 4 nitrogen and oxygen atoms in total. The summed E-state index contributed by atoms with van der Waals surface area (Å²) in [5.74, 6) is 0.596. The van der Waals surface area contributed by atoms with Gasteiger partial charge in [0.25, 0.3) is 5.91 Å². The number of rotatable bonds is 6. The minimum Gasteiger partial charge on any atom is -0.373 e. The molecule has 0 fully saturated rings. The molecule has 0 saturated carbocycles. The van der Waals surface area contributed by atoms with Crippen LogP contribution in [-0.4, -0.2) is 17.9 Å². The lowest BCUT2D eigenvalue weighted by Crippen LogP contribution is -2.12. The van der Waals surface area contributed by atoms with E-state index in [2.05, 4.69) is 34.7 Å². The maximum absolute atomic E-state index is 12.1. The van der Waals surface area contributed by atoms with E-state index in [1.807, 2.05) is 12.1 Å². The molecule has 0 atom stereocenters. The predicted octanol–water partition coefficient (Wildman–Crippen LogP) is 3.72. The van der Waals surface area contributed by atoms with Gasteiger partial charge in [0.15, 0.2) is 0 Å². The van der Waals surface area contributed by atoms with Crippen molar-refractivity contribution >= 4 is 17.4 Å². The van der Waals surface area contributed by atoms with Crippen LogP contribution in [0, 0.1) is 0 Å². The number of carbonyl (C=O) groups excluding carboxylic acids is 1. The van der Waals surface area contributed by atoms with E-state index in [0.29, 0.717) is 5.56 Å². The molecular formula is C17H21N3O. The van der Waals surface area contributed by atoms with Crippen molar-refractivity contribution in [1.29, 1.82) is 0 Å². The molecule has 1 aromatic carbocycles. The Hall–Kier alpha value is -2.36. The number of aryl methyl sites for hydroxylation is 1. The maximum atomic E-state index is 12.1. The van der Waals surface area contributed by atoms with E-state index in [1.165, 1.54) is 18.4 Å². The summed E-state index contributed by atoms with van der Waals surface area (Å²) in [7, 11) is 1.79. The molecule has 0 radical (unpaired) electrons. The molecule has 0 aliphatic rings. The van der Waals surface area contributed by atoms with Crippen molar-refractivity contribution in [2.75, 3.05) is 17.7 Å². The van der Waals surface area contributed by atoms with Crippen molar-refractivity contribution in [1.82, 2.24) is 4.98 Å². The number of nitrogens with zero attached hydrogens (tertiary/aromatic N) is 1. The Morgan fingerprint density at radius 2 is 1.90 bits per heavy atom. The average molecular weight is 283 g/mol. The zero-order valence-corrected chi connectivity index (χ0v) is 12.5. The fraction of sp³-hybridized carbons (Fsp3) is 0.294. The van der Waals surface area contributed by atoms with Gasteiger partial charge in [0.2, 0.25) is 0 Å². The topological polar surface area (TPSA) is 54.0 Å². The van der Waals surface area contributed by atoms with Crippen LogP contribution in [0.3, 0.4) is 0 Å². The summed E-state index contributed by atoms with van der Waals surface area (Å²) in [6.07, 6.45) is 5.03. The fourth-order valence-corrected chi connectivity index (χ4v) is 2.01. The standard InChI is InChI=1S/C17H21N3O/c1-3-4-5-13-6-9-15(10-7-13)20-17(21)14-8-11-16(18-2)19-12-14/h6-12H,3-5H2,1-2H3,(H,18,19)(H,20,21). The highest BCUT2D eigenvalue weighted by atomic mass is 16.1. The Bertz CT molecular complexity index is 576. The smallest absolute Gasteiger partial charge is 0.257 e. The van der Waals surface area contributed by atoms with Crippen molar-refractivity contribution < 1.29 is 4.79 Å². The van der Waals surface area contributed by atoms with E-state index >= 15 is 0 Å². The van der Waals surface area contributed by atoms with Gasteiger partial charge in [-0.1, -0.05) is 25.5 Å². The second-order valence-corrected chi connectivity index (χ2v) is 4.94. The lowest BCUT2D eigenvalue weighted by Gasteiger charge is -2.07. The maximum Gasteiger partial charge on any atom is 0.257 e. The molecule has 0 aliphatic heterocycles. The van der Waals surface area contributed by atoms with Gasteiger partial charge in [-0.3, -0.25) is 4.79 Å². The SMILES string of the molecule is CCCCc1ccc(NC(=O)c2ccc(NC)nc2)cc1. The number of hydrogen-bond acceptors (Lipinski definition) is 3. The Balaban J connectivity index is 1.98. The van der Waals surface area contributed by atoms with Crippen molar-refractivity contribution in [3.8, 4) is 0 Å². The van der Waals surface area contributed by atoms with Crippen molar-refractivity contribution in [2.45, 2.75) is 26.2 Å². The number of anilines is 2. The van der Waals surface area contributed by atoms with Crippen LogP contribution in [0.15, 0.2) is 42.6 Å². The third-order valence-corrected chi connectivity index (χ3v) is 3.31. The summed E-state index contributed by atoms with van der Waals surface area (Å²) >= 11 is 0. The zero-order chi connectivity index (χ0) is 15.1. The minimum absolute atomic E-state index is 0.147. The molecule has 0 bridgehead atoms. The second-order valence-electron chi connectivity index (χ2n) is 4.94. The fourth-order valence-electron chi connectivity index (χ4n) is 2.01. The number of carbonyl (C=O) groups is 1. The van der Waals surface area contributed by atoms with Gasteiger partial charge in [-0.05, 0) is 42.7 Å². The molecule has 1 heterocycles. The van der Waals surface area contributed by atoms with Gasteiger partial charge < -0.3 is 10.6 Å². The number of hydrogen-bond donors (Lipinski definition) is 2. The van der Waals surface area contributed by atoms with Gasteiger partial charge in [0.1, 0.15) is 5.82 Å². The van der Waals surface area contributed by atoms with Gasteiger partial charge >= 0.3 is 0 Å². The first-order chi connectivity index (χ1) is 10.2. The third kappa shape index (κ3) is 4.31. The summed E-state index contributed by atoms with van der Waals surface area (Å²) < 4.78 is 0. The van der Waals surface area contributed by atoms with Gasteiger partial charge in [0, 0.05) is 18.9 Å². The van der Waals surface area contributed by atoms with Crippen LogP contribution in [0.5, 0.6) is 0 Å². The minimum atomic E-state index is -0.147. The molecule has 2 N–H and O–H groups in total. The Morgan fingerprint density at radius 3 is 2.48 bits per heavy atom. The zero-order valence-electron chi connectivity index (χ0n) is 12.5. The molecule has 110 valence electrons. The molecule has 0 saturated heterocycles. The van der Waals surface area contributed by atoms with E-state index in [-0.39, 0.29) is 5.91 Å². The van der Waals surface area contributed by atoms with Gasteiger partial charge in [-0.25, -0.2) is 4.98 Å². The Morgan fingerprint density at radius 1 is 1.14 bits per heavy atom. The highest BCUT2D eigenvalue weighted by molar-refractivity contribution is 6.04.